The summed E-state index contributed by atoms with van der Waals surface area (Å²) in [5.41, 5.74) is -0.00898. The molecular formula is C7H8N2O3S2. The van der Waals surface area contributed by atoms with Gasteiger partial charge in [-0.25, -0.2) is 18.4 Å². The second-order valence-corrected chi connectivity index (χ2v) is 5.21. The molecule has 0 radical (unpaired) electrons. The molecule has 0 bridgehead atoms. The minimum Gasteiger partial charge on any atom is -0.298 e. The molecule has 0 aliphatic rings. The van der Waals surface area contributed by atoms with Gasteiger partial charge < -0.3 is 0 Å². The average Bonchev–Trinajstić information content (AvgIpc) is 2.15. The maximum Gasteiger partial charge on any atom is 0.193 e. The van der Waals surface area contributed by atoms with Crippen molar-refractivity contribution in [2.24, 2.45) is 0 Å². The fourth-order valence-electron chi connectivity index (χ4n) is 0.836. The Morgan fingerprint density at radius 3 is 2.57 bits per heavy atom. The van der Waals surface area contributed by atoms with Gasteiger partial charge in [-0.1, -0.05) is 11.8 Å². The molecule has 0 spiro atoms. The van der Waals surface area contributed by atoms with Crippen LogP contribution in [0.3, 0.4) is 0 Å². The monoisotopic (exact) mass is 232 g/mol. The fourth-order valence-corrected chi connectivity index (χ4v) is 2.02. The first-order valence-corrected chi connectivity index (χ1v) is 6.67. The van der Waals surface area contributed by atoms with E-state index in [2.05, 4.69) is 9.97 Å². The Hall–Kier alpha value is -0.950. The van der Waals surface area contributed by atoms with Crippen molar-refractivity contribution in [3.05, 3.63) is 11.8 Å². The maximum atomic E-state index is 11.2. The van der Waals surface area contributed by atoms with E-state index in [4.69, 9.17) is 0 Å². The van der Waals surface area contributed by atoms with Crippen LogP contribution in [0.2, 0.25) is 0 Å². The molecule has 0 aliphatic heterocycles. The standard InChI is InChI=1S/C7H8N2O3S2/c1-13-7-8-3-5(4-10)6(9-7)14(2,11)12/h3-4H,1-2H3. The van der Waals surface area contributed by atoms with Gasteiger partial charge in [0.05, 0.1) is 5.56 Å². The molecule has 1 aromatic heterocycles. The molecule has 7 heteroatoms. The predicted molar refractivity (Wildman–Crippen MR) is 52.3 cm³/mol. The van der Waals surface area contributed by atoms with E-state index in [0.29, 0.717) is 11.4 Å². The van der Waals surface area contributed by atoms with E-state index in [1.54, 1.807) is 6.26 Å². The zero-order valence-corrected chi connectivity index (χ0v) is 9.22. The quantitative estimate of drug-likeness (QED) is 0.325. The van der Waals surface area contributed by atoms with E-state index in [-0.39, 0.29) is 10.6 Å². The summed E-state index contributed by atoms with van der Waals surface area (Å²) in [6.45, 7) is 0. The van der Waals surface area contributed by atoms with Crippen molar-refractivity contribution in [3.8, 4) is 0 Å². The summed E-state index contributed by atoms with van der Waals surface area (Å²) < 4.78 is 22.4. The third-order valence-corrected chi connectivity index (χ3v) is 3.01. The second kappa shape index (κ2) is 4.05. The van der Waals surface area contributed by atoms with E-state index in [1.807, 2.05) is 0 Å². The molecule has 76 valence electrons. The van der Waals surface area contributed by atoms with Crippen molar-refractivity contribution < 1.29 is 13.2 Å². The molecule has 0 unspecified atom stereocenters. The van der Waals surface area contributed by atoms with Crippen molar-refractivity contribution in [2.75, 3.05) is 12.5 Å². The summed E-state index contributed by atoms with van der Waals surface area (Å²) in [5, 5.41) is 0.114. The smallest absolute Gasteiger partial charge is 0.193 e. The number of sulfone groups is 1. The number of nitrogens with zero attached hydrogens (tertiary/aromatic N) is 2. The first-order valence-electron chi connectivity index (χ1n) is 3.55. The first-order chi connectivity index (χ1) is 6.49. The highest BCUT2D eigenvalue weighted by molar-refractivity contribution is 7.98. The topological polar surface area (TPSA) is 77.0 Å². The molecule has 1 heterocycles. The zero-order chi connectivity index (χ0) is 10.8. The van der Waals surface area contributed by atoms with Crippen LogP contribution in [-0.4, -0.2) is 37.2 Å². The van der Waals surface area contributed by atoms with E-state index < -0.39 is 9.84 Å². The van der Waals surface area contributed by atoms with Crippen LogP contribution in [-0.2, 0) is 9.84 Å². The van der Waals surface area contributed by atoms with Crippen LogP contribution in [0.25, 0.3) is 0 Å². The van der Waals surface area contributed by atoms with Crippen molar-refractivity contribution in [1.29, 1.82) is 0 Å². The molecule has 0 saturated heterocycles. The SMILES string of the molecule is CSc1ncc(C=O)c(S(C)(=O)=O)n1. The lowest BCUT2D eigenvalue weighted by Crippen LogP contribution is -2.07. The number of carbonyl (C=O) groups excluding carboxylic acids is 1. The van der Waals surface area contributed by atoms with Crippen LogP contribution in [0.4, 0.5) is 0 Å². The zero-order valence-electron chi connectivity index (χ0n) is 7.59. The van der Waals surface area contributed by atoms with Gasteiger partial charge in [-0.15, -0.1) is 0 Å². The Morgan fingerprint density at radius 1 is 1.50 bits per heavy atom. The molecule has 0 N–H and O–H groups in total. The minimum atomic E-state index is -3.47. The molecule has 0 fully saturated rings. The number of aldehydes is 1. The average molecular weight is 232 g/mol. The molecule has 14 heavy (non-hydrogen) atoms. The van der Waals surface area contributed by atoms with Crippen molar-refractivity contribution in [3.63, 3.8) is 0 Å². The van der Waals surface area contributed by atoms with Gasteiger partial charge in [-0.3, -0.25) is 4.79 Å². The lowest BCUT2D eigenvalue weighted by Gasteiger charge is -2.01. The number of thioether (sulfide) groups is 1. The van der Waals surface area contributed by atoms with Gasteiger partial charge in [0.25, 0.3) is 0 Å². The van der Waals surface area contributed by atoms with Crippen LogP contribution in [0, 0.1) is 0 Å². The van der Waals surface area contributed by atoms with Gasteiger partial charge in [0, 0.05) is 12.5 Å². The van der Waals surface area contributed by atoms with Gasteiger partial charge in [0.2, 0.25) is 0 Å². The Morgan fingerprint density at radius 2 is 2.14 bits per heavy atom. The third-order valence-electron chi connectivity index (χ3n) is 1.42. The molecule has 0 saturated carbocycles. The van der Waals surface area contributed by atoms with Gasteiger partial charge in [0.15, 0.2) is 26.3 Å². The number of hydrogen-bond acceptors (Lipinski definition) is 6. The van der Waals surface area contributed by atoms with Crippen LogP contribution >= 0.6 is 11.8 Å². The maximum absolute atomic E-state index is 11.2. The molecule has 1 rings (SSSR count). The summed E-state index contributed by atoms with van der Waals surface area (Å²) in [5.74, 6) is 0. The molecule has 0 atom stereocenters. The van der Waals surface area contributed by atoms with Crippen molar-refractivity contribution >= 4 is 27.9 Å². The predicted octanol–water partition coefficient (Wildman–Crippen LogP) is 0.415. The highest BCUT2D eigenvalue weighted by Gasteiger charge is 2.16. The number of rotatable bonds is 3. The molecule has 0 aromatic carbocycles. The summed E-state index contributed by atoms with van der Waals surface area (Å²) in [7, 11) is -3.47. The van der Waals surface area contributed by atoms with E-state index in [1.165, 1.54) is 18.0 Å². The van der Waals surface area contributed by atoms with Crippen molar-refractivity contribution in [2.45, 2.75) is 10.2 Å². The Labute approximate surface area is 85.9 Å². The third kappa shape index (κ3) is 2.30. The van der Waals surface area contributed by atoms with Crippen molar-refractivity contribution in [1.82, 2.24) is 9.97 Å². The van der Waals surface area contributed by atoms with Crippen LogP contribution in [0.5, 0.6) is 0 Å². The lowest BCUT2D eigenvalue weighted by atomic mass is 10.4. The normalized spacial score (nSPS) is 11.3. The molecular weight excluding hydrogens is 224 g/mol. The Bertz CT molecular complexity index is 456. The van der Waals surface area contributed by atoms with Crippen LogP contribution < -0.4 is 0 Å². The molecule has 5 nitrogen and oxygen atoms in total. The van der Waals surface area contributed by atoms with E-state index in [0.717, 1.165) is 6.26 Å². The number of aromatic nitrogens is 2. The molecule has 1 aromatic rings. The number of hydrogen-bond donors (Lipinski definition) is 0. The van der Waals surface area contributed by atoms with Gasteiger partial charge >= 0.3 is 0 Å². The van der Waals surface area contributed by atoms with Gasteiger partial charge in [0.1, 0.15) is 0 Å². The van der Waals surface area contributed by atoms with E-state index in [9.17, 15) is 13.2 Å². The first kappa shape index (κ1) is 11.1. The Kier molecular flexibility index (Phi) is 3.22. The Balaban J connectivity index is 3.44. The summed E-state index contributed by atoms with van der Waals surface area (Å²) >= 11 is 1.22. The summed E-state index contributed by atoms with van der Waals surface area (Å²) in [6.07, 6.45) is 4.37. The lowest BCUT2D eigenvalue weighted by molar-refractivity contribution is 0.111. The van der Waals surface area contributed by atoms with Crippen LogP contribution in [0.1, 0.15) is 10.4 Å². The fraction of sp³-hybridized carbons (Fsp3) is 0.286. The van der Waals surface area contributed by atoms with Gasteiger partial charge in [-0.2, -0.15) is 0 Å². The minimum absolute atomic E-state index is 0.00898. The molecule has 0 amide bonds. The van der Waals surface area contributed by atoms with Crippen LogP contribution in [0.15, 0.2) is 16.4 Å². The van der Waals surface area contributed by atoms with Gasteiger partial charge in [-0.05, 0) is 6.26 Å². The largest absolute Gasteiger partial charge is 0.298 e. The highest BCUT2D eigenvalue weighted by Crippen LogP contribution is 2.14. The summed E-state index contributed by atoms with van der Waals surface area (Å²) in [6, 6.07) is 0. The number of carbonyl (C=O) groups is 1. The molecule has 0 aliphatic carbocycles. The highest BCUT2D eigenvalue weighted by atomic mass is 32.2. The summed E-state index contributed by atoms with van der Waals surface area (Å²) in [4.78, 5) is 18.1. The van der Waals surface area contributed by atoms with E-state index >= 15 is 0 Å². The second-order valence-electron chi connectivity index (χ2n) is 2.51.